The van der Waals surface area contributed by atoms with E-state index in [2.05, 4.69) is 0 Å². The number of ketones is 1. The summed E-state index contributed by atoms with van der Waals surface area (Å²) in [4.78, 5) is 12.4. The average Bonchev–Trinajstić information content (AvgIpc) is 2.67. The van der Waals surface area contributed by atoms with Gasteiger partial charge in [0, 0.05) is 32.0 Å². The molecule has 3 atom stereocenters. The SMILES string of the molecule is CC(C)=C(C)CC(=O)C(C)CCC[C@]1(C)OCCCC[C@@]1(O)CCO. The van der Waals surface area contributed by atoms with Gasteiger partial charge in [-0.1, -0.05) is 18.1 Å². The second-order valence-electron chi connectivity index (χ2n) is 8.26. The van der Waals surface area contributed by atoms with E-state index in [1.807, 2.05) is 34.6 Å². The molecule has 25 heavy (non-hydrogen) atoms. The van der Waals surface area contributed by atoms with Crippen LogP contribution in [0.5, 0.6) is 0 Å². The van der Waals surface area contributed by atoms with Crippen LogP contribution in [0.25, 0.3) is 0 Å². The van der Waals surface area contributed by atoms with Crippen molar-refractivity contribution in [2.75, 3.05) is 13.2 Å². The first-order valence-corrected chi connectivity index (χ1v) is 9.78. The van der Waals surface area contributed by atoms with Gasteiger partial charge < -0.3 is 14.9 Å². The number of Topliss-reactive ketones (excluding diaryl/α,β-unsaturated/α-hetero) is 1. The Kier molecular flexibility index (Phi) is 8.79. The molecule has 1 aliphatic rings. The predicted molar refractivity (Wildman–Crippen MR) is 102 cm³/mol. The van der Waals surface area contributed by atoms with E-state index in [0.29, 0.717) is 32.3 Å². The Bertz CT molecular complexity index is 467. The lowest BCUT2D eigenvalue weighted by molar-refractivity contribution is -0.178. The molecule has 0 amide bonds. The van der Waals surface area contributed by atoms with Crippen LogP contribution in [0.1, 0.15) is 86.0 Å². The normalized spacial score (nSPS) is 28.3. The highest BCUT2D eigenvalue weighted by Gasteiger charge is 2.47. The predicted octanol–water partition coefficient (Wildman–Crippen LogP) is 4.18. The minimum Gasteiger partial charge on any atom is -0.396 e. The molecule has 0 aromatic rings. The highest BCUT2D eigenvalue weighted by Crippen LogP contribution is 2.40. The Morgan fingerprint density at radius 3 is 2.48 bits per heavy atom. The molecular formula is C21H38O4. The van der Waals surface area contributed by atoms with E-state index in [4.69, 9.17) is 4.74 Å². The standard InChI is InChI=1S/C21H38O4/c1-16(2)18(4)15-19(23)17(3)9-8-10-20(5)21(24,12-13-22)11-6-7-14-25-20/h17,22,24H,6-15H2,1-5H3/t17?,20-,21+/m0/s1. The van der Waals surface area contributed by atoms with E-state index >= 15 is 0 Å². The molecule has 2 N–H and O–H groups in total. The quantitative estimate of drug-likeness (QED) is 0.610. The summed E-state index contributed by atoms with van der Waals surface area (Å²) in [5, 5.41) is 20.4. The van der Waals surface area contributed by atoms with Gasteiger partial charge in [-0.25, -0.2) is 0 Å². The number of hydrogen-bond donors (Lipinski definition) is 2. The zero-order valence-electron chi connectivity index (χ0n) is 16.9. The van der Waals surface area contributed by atoms with E-state index in [0.717, 1.165) is 31.3 Å². The number of ether oxygens (including phenoxy) is 1. The van der Waals surface area contributed by atoms with Crippen LogP contribution >= 0.6 is 0 Å². The first-order chi connectivity index (χ1) is 11.6. The third-order valence-electron chi connectivity index (χ3n) is 6.05. The van der Waals surface area contributed by atoms with Gasteiger partial charge in [-0.2, -0.15) is 0 Å². The third kappa shape index (κ3) is 6.19. The fraction of sp³-hybridized carbons (Fsp3) is 0.857. The molecule has 0 spiro atoms. The highest BCUT2D eigenvalue weighted by atomic mass is 16.5. The Hall–Kier alpha value is -0.710. The molecule has 1 unspecified atom stereocenters. The number of carbonyl (C=O) groups is 1. The molecule has 0 bridgehead atoms. The fourth-order valence-corrected chi connectivity index (χ4v) is 3.61. The summed E-state index contributed by atoms with van der Waals surface area (Å²) in [6.45, 7) is 10.7. The Morgan fingerprint density at radius 1 is 1.20 bits per heavy atom. The molecule has 1 aliphatic heterocycles. The van der Waals surface area contributed by atoms with Crippen LogP contribution in [-0.2, 0) is 9.53 Å². The highest BCUT2D eigenvalue weighted by molar-refractivity contribution is 5.82. The smallest absolute Gasteiger partial charge is 0.139 e. The van der Waals surface area contributed by atoms with Crippen molar-refractivity contribution in [3.8, 4) is 0 Å². The summed E-state index contributed by atoms with van der Waals surface area (Å²) >= 11 is 0. The number of rotatable bonds is 9. The van der Waals surface area contributed by atoms with Crippen LogP contribution in [0, 0.1) is 5.92 Å². The number of allylic oxidation sites excluding steroid dienone is 2. The maximum absolute atomic E-state index is 12.4. The van der Waals surface area contributed by atoms with Gasteiger partial charge in [0.25, 0.3) is 0 Å². The largest absolute Gasteiger partial charge is 0.396 e. The molecule has 0 aromatic heterocycles. The molecule has 0 aliphatic carbocycles. The lowest BCUT2D eigenvalue weighted by Gasteiger charge is -2.43. The van der Waals surface area contributed by atoms with Crippen molar-refractivity contribution >= 4 is 5.78 Å². The van der Waals surface area contributed by atoms with Crippen LogP contribution in [0.15, 0.2) is 11.1 Å². The van der Waals surface area contributed by atoms with Crippen LogP contribution in [0.2, 0.25) is 0 Å². The molecule has 1 saturated heterocycles. The molecule has 0 saturated carbocycles. The minimum atomic E-state index is -0.982. The lowest BCUT2D eigenvalue weighted by atomic mass is 9.75. The van der Waals surface area contributed by atoms with Crippen LogP contribution < -0.4 is 0 Å². The van der Waals surface area contributed by atoms with Gasteiger partial charge in [0.15, 0.2) is 0 Å². The lowest BCUT2D eigenvalue weighted by Crippen LogP contribution is -2.53. The van der Waals surface area contributed by atoms with Gasteiger partial charge in [-0.15, -0.1) is 0 Å². The van der Waals surface area contributed by atoms with E-state index in [1.165, 1.54) is 5.57 Å². The summed E-state index contributed by atoms with van der Waals surface area (Å²) in [7, 11) is 0. The van der Waals surface area contributed by atoms with Crippen molar-refractivity contribution in [1.29, 1.82) is 0 Å². The summed E-state index contributed by atoms with van der Waals surface area (Å²) in [5.74, 6) is 0.311. The third-order valence-corrected chi connectivity index (χ3v) is 6.05. The van der Waals surface area contributed by atoms with Gasteiger partial charge in [0.2, 0.25) is 0 Å². The zero-order chi connectivity index (χ0) is 19.1. The van der Waals surface area contributed by atoms with Crippen molar-refractivity contribution in [3.05, 3.63) is 11.1 Å². The molecule has 1 rings (SSSR count). The molecule has 1 fully saturated rings. The maximum Gasteiger partial charge on any atom is 0.139 e. The second kappa shape index (κ2) is 9.84. The molecule has 4 nitrogen and oxygen atoms in total. The van der Waals surface area contributed by atoms with E-state index < -0.39 is 11.2 Å². The number of carbonyl (C=O) groups excluding carboxylic acids is 1. The van der Waals surface area contributed by atoms with Crippen LogP contribution in [-0.4, -0.2) is 40.4 Å². The number of aliphatic hydroxyl groups is 2. The molecule has 4 heteroatoms. The first-order valence-electron chi connectivity index (χ1n) is 9.78. The van der Waals surface area contributed by atoms with E-state index in [9.17, 15) is 15.0 Å². The van der Waals surface area contributed by atoms with Crippen LogP contribution in [0.3, 0.4) is 0 Å². The number of hydrogen-bond acceptors (Lipinski definition) is 4. The van der Waals surface area contributed by atoms with Gasteiger partial charge in [-0.3, -0.25) is 4.79 Å². The Morgan fingerprint density at radius 2 is 1.88 bits per heavy atom. The first kappa shape index (κ1) is 22.3. The average molecular weight is 355 g/mol. The van der Waals surface area contributed by atoms with Crippen molar-refractivity contribution in [2.24, 2.45) is 5.92 Å². The van der Waals surface area contributed by atoms with Gasteiger partial charge >= 0.3 is 0 Å². The van der Waals surface area contributed by atoms with Gasteiger partial charge in [0.1, 0.15) is 5.78 Å². The molecule has 0 aromatic carbocycles. The topological polar surface area (TPSA) is 66.8 Å². The summed E-state index contributed by atoms with van der Waals surface area (Å²) in [5.41, 5.74) is 0.747. The van der Waals surface area contributed by atoms with Gasteiger partial charge in [0.05, 0.1) is 11.2 Å². The van der Waals surface area contributed by atoms with Crippen molar-refractivity contribution in [2.45, 2.75) is 97.2 Å². The van der Waals surface area contributed by atoms with Crippen LogP contribution in [0.4, 0.5) is 0 Å². The summed E-state index contributed by atoms with van der Waals surface area (Å²) in [6.07, 6.45) is 5.77. The van der Waals surface area contributed by atoms with Crippen molar-refractivity contribution in [3.63, 3.8) is 0 Å². The fourth-order valence-electron chi connectivity index (χ4n) is 3.61. The number of aliphatic hydroxyl groups excluding tert-OH is 1. The van der Waals surface area contributed by atoms with Crippen molar-refractivity contribution in [1.82, 2.24) is 0 Å². The monoisotopic (exact) mass is 354 g/mol. The Balaban J connectivity index is 2.62. The summed E-state index contributed by atoms with van der Waals surface area (Å²) < 4.78 is 6.04. The minimum absolute atomic E-state index is 0.0228. The van der Waals surface area contributed by atoms with Crippen molar-refractivity contribution < 1.29 is 19.7 Å². The molecule has 0 radical (unpaired) electrons. The maximum atomic E-state index is 12.4. The second-order valence-corrected chi connectivity index (χ2v) is 8.26. The van der Waals surface area contributed by atoms with E-state index in [-0.39, 0.29) is 18.3 Å². The van der Waals surface area contributed by atoms with E-state index in [1.54, 1.807) is 0 Å². The zero-order valence-corrected chi connectivity index (χ0v) is 16.9. The summed E-state index contributed by atoms with van der Waals surface area (Å²) in [6, 6.07) is 0. The molecule has 1 heterocycles. The molecular weight excluding hydrogens is 316 g/mol. The molecule has 146 valence electrons. The van der Waals surface area contributed by atoms with Gasteiger partial charge in [-0.05, 0) is 66.2 Å². The Labute approximate surface area is 153 Å².